The van der Waals surface area contributed by atoms with Crippen LogP contribution >= 0.6 is 0 Å². The molecule has 26 heavy (non-hydrogen) atoms. The molecule has 3 N–H and O–H groups in total. The van der Waals surface area contributed by atoms with Crippen molar-refractivity contribution in [1.29, 1.82) is 0 Å². The summed E-state index contributed by atoms with van der Waals surface area (Å²) in [4.78, 5) is 23.8. The number of fused-ring (bicyclic) bond motifs is 2. The molecule has 4 aromatic rings. The molecule has 5 rings (SSSR count). The second kappa shape index (κ2) is 5.67. The number of imidazole rings is 1. The number of hydrogen-bond donors (Lipinski definition) is 3. The zero-order valence-corrected chi connectivity index (χ0v) is 13.9. The number of rotatable bonds is 4. The van der Waals surface area contributed by atoms with E-state index in [1.54, 1.807) is 12.4 Å². The Morgan fingerprint density at radius 2 is 2.19 bits per heavy atom. The lowest BCUT2D eigenvalue weighted by Crippen LogP contribution is -2.13. The van der Waals surface area contributed by atoms with E-state index in [2.05, 4.69) is 20.3 Å². The maximum absolute atomic E-state index is 11.9. The molecule has 0 atom stereocenters. The molecule has 7 nitrogen and oxygen atoms in total. The van der Waals surface area contributed by atoms with Crippen molar-refractivity contribution in [3.63, 3.8) is 0 Å². The van der Waals surface area contributed by atoms with E-state index in [1.165, 1.54) is 0 Å². The number of carbonyl (C=O) groups is 1. The molecule has 1 aliphatic rings. The van der Waals surface area contributed by atoms with Crippen LogP contribution < -0.4 is 5.32 Å². The van der Waals surface area contributed by atoms with Crippen LogP contribution in [0.2, 0.25) is 0 Å². The predicted octanol–water partition coefficient (Wildman–Crippen LogP) is 2.72. The van der Waals surface area contributed by atoms with Crippen molar-refractivity contribution in [2.45, 2.75) is 19.4 Å². The zero-order chi connectivity index (χ0) is 17.7. The quantitative estimate of drug-likeness (QED) is 0.529. The second-order valence-corrected chi connectivity index (χ2v) is 6.67. The Balaban J connectivity index is 1.51. The van der Waals surface area contributed by atoms with E-state index in [0.29, 0.717) is 5.82 Å². The summed E-state index contributed by atoms with van der Waals surface area (Å²) in [5, 5.41) is 13.2. The first kappa shape index (κ1) is 15.1. The van der Waals surface area contributed by atoms with Gasteiger partial charge in [0, 0.05) is 46.6 Å². The summed E-state index contributed by atoms with van der Waals surface area (Å²) in [6.45, 7) is -0.0320. The number of carbonyl (C=O) groups excluding carboxylic acids is 1. The molecular weight excluding hydrogens is 330 g/mol. The zero-order valence-electron chi connectivity index (χ0n) is 13.9. The number of nitrogens with one attached hydrogen (secondary N) is 2. The fourth-order valence-electron chi connectivity index (χ4n) is 3.14. The normalized spacial score (nSPS) is 14.2. The first-order valence-corrected chi connectivity index (χ1v) is 8.58. The van der Waals surface area contributed by atoms with E-state index < -0.39 is 0 Å². The van der Waals surface area contributed by atoms with Crippen molar-refractivity contribution in [1.82, 2.24) is 19.4 Å². The van der Waals surface area contributed by atoms with Gasteiger partial charge in [-0.3, -0.25) is 4.79 Å². The molecule has 1 fully saturated rings. The minimum Gasteiger partial charge on any atom is -0.392 e. The smallest absolute Gasteiger partial charge is 0.228 e. The maximum atomic E-state index is 11.9. The Morgan fingerprint density at radius 3 is 3.00 bits per heavy atom. The molecule has 4 aromatic heterocycles. The minimum absolute atomic E-state index is 0.0320. The van der Waals surface area contributed by atoms with Crippen molar-refractivity contribution in [3.8, 4) is 11.1 Å². The van der Waals surface area contributed by atoms with Crippen molar-refractivity contribution >= 4 is 28.4 Å². The van der Waals surface area contributed by atoms with Gasteiger partial charge in [0.25, 0.3) is 0 Å². The number of nitrogens with zero attached hydrogens (tertiary/aromatic N) is 3. The van der Waals surface area contributed by atoms with Gasteiger partial charge in [0.05, 0.1) is 12.8 Å². The molecule has 0 aliphatic heterocycles. The number of pyridine rings is 2. The third kappa shape index (κ3) is 2.53. The maximum Gasteiger partial charge on any atom is 0.228 e. The molecule has 4 heterocycles. The lowest BCUT2D eigenvalue weighted by atomic mass is 10.1. The number of hydrogen-bond acceptors (Lipinski definition) is 4. The Labute approximate surface area is 148 Å². The van der Waals surface area contributed by atoms with Gasteiger partial charge in [-0.2, -0.15) is 0 Å². The third-order valence-electron chi connectivity index (χ3n) is 4.77. The lowest BCUT2D eigenvalue weighted by molar-refractivity contribution is -0.117. The average molecular weight is 347 g/mol. The Hall–Kier alpha value is -3.19. The molecular formula is C19H17N5O2. The van der Waals surface area contributed by atoms with Crippen LogP contribution in [-0.2, 0) is 11.4 Å². The molecule has 0 unspecified atom stereocenters. The predicted molar refractivity (Wildman–Crippen MR) is 97.6 cm³/mol. The van der Waals surface area contributed by atoms with Crippen LogP contribution in [0.15, 0.2) is 43.0 Å². The van der Waals surface area contributed by atoms with Gasteiger partial charge in [-0.1, -0.05) is 0 Å². The van der Waals surface area contributed by atoms with E-state index in [1.807, 2.05) is 35.0 Å². The van der Waals surface area contributed by atoms with Crippen LogP contribution in [0.1, 0.15) is 18.4 Å². The molecule has 1 amide bonds. The number of aliphatic hydroxyl groups excluding tert-OH is 1. The second-order valence-electron chi connectivity index (χ2n) is 6.67. The summed E-state index contributed by atoms with van der Waals surface area (Å²) in [5.74, 6) is 0.767. The Morgan fingerprint density at radius 1 is 1.31 bits per heavy atom. The van der Waals surface area contributed by atoms with E-state index in [4.69, 9.17) is 0 Å². The summed E-state index contributed by atoms with van der Waals surface area (Å²) >= 11 is 0. The van der Waals surface area contributed by atoms with Crippen LogP contribution in [-0.4, -0.2) is 30.4 Å². The number of aromatic amines is 1. The van der Waals surface area contributed by atoms with Crippen molar-refractivity contribution in [2.75, 3.05) is 5.32 Å². The molecule has 0 radical (unpaired) electrons. The number of aliphatic hydroxyl groups is 1. The average Bonchev–Trinajstić information content (AvgIpc) is 3.31. The molecule has 0 aromatic carbocycles. The topological polar surface area (TPSA) is 95.3 Å². The third-order valence-corrected chi connectivity index (χ3v) is 4.77. The van der Waals surface area contributed by atoms with Gasteiger partial charge < -0.3 is 19.8 Å². The van der Waals surface area contributed by atoms with Crippen molar-refractivity contribution < 1.29 is 9.90 Å². The van der Waals surface area contributed by atoms with Gasteiger partial charge in [-0.25, -0.2) is 9.97 Å². The number of anilines is 1. The van der Waals surface area contributed by atoms with E-state index in [0.717, 1.165) is 46.2 Å². The molecule has 1 saturated carbocycles. The molecule has 0 saturated heterocycles. The summed E-state index contributed by atoms with van der Waals surface area (Å²) in [7, 11) is 0. The van der Waals surface area contributed by atoms with Gasteiger partial charge in [0.2, 0.25) is 5.91 Å². The summed E-state index contributed by atoms with van der Waals surface area (Å²) in [6.07, 6.45) is 9.29. The number of aromatic nitrogens is 4. The molecule has 0 spiro atoms. The van der Waals surface area contributed by atoms with Crippen molar-refractivity contribution in [3.05, 3.63) is 48.5 Å². The van der Waals surface area contributed by atoms with Crippen LogP contribution in [0.25, 0.3) is 27.8 Å². The number of H-pyrrole nitrogens is 1. The summed E-state index contributed by atoms with van der Waals surface area (Å²) < 4.78 is 1.89. The first-order valence-electron chi connectivity index (χ1n) is 8.58. The fourth-order valence-corrected chi connectivity index (χ4v) is 3.14. The molecule has 130 valence electrons. The first-order chi connectivity index (χ1) is 12.7. The minimum atomic E-state index is -0.0320. The monoisotopic (exact) mass is 347 g/mol. The van der Waals surface area contributed by atoms with Crippen LogP contribution in [0.4, 0.5) is 5.82 Å². The highest BCUT2D eigenvalue weighted by molar-refractivity contribution is 5.93. The highest BCUT2D eigenvalue weighted by Gasteiger charge is 2.29. The highest BCUT2D eigenvalue weighted by Crippen LogP contribution is 2.30. The molecule has 7 heteroatoms. The molecule has 1 aliphatic carbocycles. The van der Waals surface area contributed by atoms with Gasteiger partial charge >= 0.3 is 0 Å². The van der Waals surface area contributed by atoms with Crippen LogP contribution in [0.3, 0.4) is 0 Å². The lowest BCUT2D eigenvalue weighted by Gasteiger charge is -2.03. The summed E-state index contributed by atoms with van der Waals surface area (Å²) in [6, 6.07) is 5.90. The van der Waals surface area contributed by atoms with E-state index in [9.17, 15) is 9.90 Å². The standard InChI is InChI=1S/C19H17N5O2/c25-10-14-7-21-18-15(14)5-13(6-20-18)12-3-4-17-22-16(9-24(17)8-12)23-19(26)11-1-2-11/h3-9,11,25H,1-2,10H2,(H,20,21)(H,23,26). The Bertz CT molecular complexity index is 1140. The van der Waals surface area contributed by atoms with Crippen molar-refractivity contribution in [2.24, 2.45) is 5.92 Å². The summed E-state index contributed by atoms with van der Waals surface area (Å²) in [5.41, 5.74) is 4.28. The fraction of sp³-hybridized carbons (Fsp3) is 0.211. The highest BCUT2D eigenvalue weighted by atomic mass is 16.3. The Kier molecular flexibility index (Phi) is 3.29. The van der Waals surface area contributed by atoms with Gasteiger partial charge in [0.15, 0.2) is 5.82 Å². The van der Waals surface area contributed by atoms with Crippen LogP contribution in [0.5, 0.6) is 0 Å². The van der Waals surface area contributed by atoms with Crippen LogP contribution in [0, 0.1) is 5.92 Å². The van der Waals surface area contributed by atoms with Gasteiger partial charge in [-0.05, 0) is 31.0 Å². The van der Waals surface area contributed by atoms with E-state index in [-0.39, 0.29) is 18.4 Å². The van der Waals surface area contributed by atoms with Gasteiger partial charge in [0.1, 0.15) is 11.3 Å². The number of amides is 1. The molecule has 0 bridgehead atoms. The van der Waals surface area contributed by atoms with E-state index >= 15 is 0 Å². The SMILES string of the molecule is O=C(Nc1cn2cc(-c3cnc4[nH]cc(CO)c4c3)ccc2n1)C1CC1. The van der Waals surface area contributed by atoms with Gasteiger partial charge in [-0.15, -0.1) is 0 Å². The largest absolute Gasteiger partial charge is 0.392 e.